The molecule has 3 atom stereocenters. The Morgan fingerprint density at radius 1 is 1.09 bits per heavy atom. The highest BCUT2D eigenvalue weighted by atomic mass is 16.2. The zero-order valence-corrected chi connectivity index (χ0v) is 12.6. The minimum Gasteiger partial charge on any atom is -0.366 e. The van der Waals surface area contributed by atoms with Gasteiger partial charge in [0.05, 0.1) is 0 Å². The monoisotopic (exact) mass is 302 g/mol. The van der Waals surface area contributed by atoms with Crippen LogP contribution < -0.4 is 11.1 Å². The third kappa shape index (κ3) is 3.28. The fourth-order valence-electron chi connectivity index (χ4n) is 3.24. The molecule has 3 fully saturated rings. The van der Waals surface area contributed by atoms with E-state index in [-0.39, 0.29) is 5.91 Å². The zero-order valence-electron chi connectivity index (χ0n) is 12.6. The zero-order chi connectivity index (χ0) is 15.5. The molecule has 6 heteroatoms. The van der Waals surface area contributed by atoms with E-state index in [0.717, 1.165) is 32.7 Å². The van der Waals surface area contributed by atoms with Crippen molar-refractivity contribution in [1.29, 1.82) is 0 Å². The largest absolute Gasteiger partial charge is 0.366 e. The number of fused-ring (bicyclic) bond motifs is 4. The molecule has 6 nitrogen and oxygen atoms in total. The standard InChI is InChI=1S/C16H22N4O2/c17-15(21)12-2-4-13(5-3-12)16(22)18-10-14-11-19-6-1-7-20(14)9-8-19/h2-5,14H,1,6-11H2,(H2,17,21)(H,18,22). The maximum atomic E-state index is 12.2. The van der Waals surface area contributed by atoms with Crippen LogP contribution in [0.15, 0.2) is 24.3 Å². The SMILES string of the molecule is NC(=O)c1ccc(C(=O)NCC2CN3CCCN2CC3)cc1. The number of nitrogens with zero attached hydrogens (tertiary/aromatic N) is 2. The summed E-state index contributed by atoms with van der Waals surface area (Å²) in [6.45, 7) is 6.19. The molecule has 3 unspecified atom stereocenters. The Balaban J connectivity index is 1.56. The van der Waals surface area contributed by atoms with Gasteiger partial charge in [0.15, 0.2) is 0 Å². The van der Waals surface area contributed by atoms with Gasteiger partial charge in [0.2, 0.25) is 5.91 Å². The van der Waals surface area contributed by atoms with Gasteiger partial charge in [-0.1, -0.05) is 0 Å². The lowest BCUT2D eigenvalue weighted by atomic mass is 10.1. The van der Waals surface area contributed by atoms with Crippen LogP contribution in [0.2, 0.25) is 0 Å². The number of carbonyl (C=O) groups is 2. The Hall–Kier alpha value is -1.92. The van der Waals surface area contributed by atoms with Crippen LogP contribution in [0, 0.1) is 0 Å². The average Bonchev–Trinajstić information content (AvgIpc) is 2.88. The van der Waals surface area contributed by atoms with Crippen molar-refractivity contribution in [3.05, 3.63) is 35.4 Å². The molecule has 1 aromatic rings. The summed E-state index contributed by atoms with van der Waals surface area (Å²) in [4.78, 5) is 28.2. The first-order valence-electron chi connectivity index (χ1n) is 7.78. The van der Waals surface area contributed by atoms with E-state index in [1.807, 2.05) is 0 Å². The Kier molecular flexibility index (Phi) is 4.40. The molecular weight excluding hydrogens is 280 g/mol. The van der Waals surface area contributed by atoms with Crippen molar-refractivity contribution in [2.24, 2.45) is 5.73 Å². The van der Waals surface area contributed by atoms with E-state index in [1.165, 1.54) is 6.42 Å². The van der Waals surface area contributed by atoms with E-state index in [4.69, 9.17) is 5.73 Å². The van der Waals surface area contributed by atoms with Crippen LogP contribution in [0.3, 0.4) is 0 Å². The number of nitrogens with one attached hydrogen (secondary N) is 1. The minimum absolute atomic E-state index is 0.104. The van der Waals surface area contributed by atoms with Gasteiger partial charge in [-0.25, -0.2) is 0 Å². The number of hydrogen-bond acceptors (Lipinski definition) is 4. The van der Waals surface area contributed by atoms with Crippen LogP contribution in [0.4, 0.5) is 0 Å². The molecule has 2 bridgehead atoms. The maximum absolute atomic E-state index is 12.2. The lowest BCUT2D eigenvalue weighted by Gasteiger charge is -2.37. The predicted molar refractivity (Wildman–Crippen MR) is 83.7 cm³/mol. The summed E-state index contributed by atoms with van der Waals surface area (Å²) in [5.41, 5.74) is 6.16. The van der Waals surface area contributed by atoms with E-state index < -0.39 is 5.91 Å². The van der Waals surface area contributed by atoms with Crippen LogP contribution >= 0.6 is 0 Å². The van der Waals surface area contributed by atoms with Gasteiger partial charge in [-0.15, -0.1) is 0 Å². The van der Waals surface area contributed by atoms with Crippen molar-refractivity contribution >= 4 is 11.8 Å². The Bertz CT molecular complexity index is 554. The van der Waals surface area contributed by atoms with Gasteiger partial charge >= 0.3 is 0 Å². The molecule has 0 spiro atoms. The lowest BCUT2D eigenvalue weighted by molar-refractivity contribution is 0.0878. The number of primary amides is 1. The van der Waals surface area contributed by atoms with Crippen molar-refractivity contribution < 1.29 is 9.59 Å². The molecule has 3 aliphatic rings. The molecule has 22 heavy (non-hydrogen) atoms. The summed E-state index contributed by atoms with van der Waals surface area (Å²) in [5, 5.41) is 3.01. The third-order valence-electron chi connectivity index (χ3n) is 4.54. The number of piperazine rings is 1. The maximum Gasteiger partial charge on any atom is 0.251 e. The van der Waals surface area contributed by atoms with Crippen LogP contribution in [-0.2, 0) is 0 Å². The molecule has 4 rings (SSSR count). The summed E-state index contributed by atoms with van der Waals surface area (Å²) in [5.74, 6) is -0.587. The topological polar surface area (TPSA) is 78.7 Å². The second-order valence-electron chi connectivity index (χ2n) is 6.00. The Labute approximate surface area is 130 Å². The van der Waals surface area contributed by atoms with Gasteiger partial charge in [-0.2, -0.15) is 0 Å². The van der Waals surface area contributed by atoms with Crippen molar-refractivity contribution in [2.45, 2.75) is 12.5 Å². The fourth-order valence-corrected chi connectivity index (χ4v) is 3.24. The smallest absolute Gasteiger partial charge is 0.251 e. The van der Waals surface area contributed by atoms with Crippen LogP contribution in [0.25, 0.3) is 0 Å². The van der Waals surface area contributed by atoms with E-state index in [2.05, 4.69) is 15.1 Å². The second-order valence-corrected chi connectivity index (χ2v) is 6.00. The predicted octanol–water partition coefficient (Wildman–Crippen LogP) is -0.0948. The van der Waals surface area contributed by atoms with Gasteiger partial charge in [0, 0.05) is 43.3 Å². The highest BCUT2D eigenvalue weighted by Crippen LogP contribution is 2.15. The van der Waals surface area contributed by atoms with Crippen LogP contribution in [0.1, 0.15) is 27.1 Å². The summed E-state index contributed by atoms with van der Waals surface area (Å²) in [6, 6.07) is 6.84. The molecule has 0 aliphatic carbocycles. The normalized spacial score (nSPS) is 27.2. The number of hydrogen-bond donors (Lipinski definition) is 2. The average molecular weight is 302 g/mol. The van der Waals surface area contributed by atoms with Crippen molar-refractivity contribution in [3.63, 3.8) is 0 Å². The molecule has 0 aromatic heterocycles. The van der Waals surface area contributed by atoms with Crippen molar-refractivity contribution in [1.82, 2.24) is 15.1 Å². The molecule has 0 saturated carbocycles. The Morgan fingerprint density at radius 2 is 1.82 bits per heavy atom. The van der Waals surface area contributed by atoms with E-state index in [9.17, 15) is 9.59 Å². The molecule has 118 valence electrons. The molecule has 0 radical (unpaired) electrons. The van der Waals surface area contributed by atoms with Gasteiger partial charge in [-0.3, -0.25) is 14.5 Å². The van der Waals surface area contributed by atoms with E-state index in [0.29, 0.717) is 23.7 Å². The van der Waals surface area contributed by atoms with E-state index >= 15 is 0 Å². The fraction of sp³-hybridized carbons (Fsp3) is 0.500. The molecule has 2 amide bonds. The third-order valence-corrected chi connectivity index (χ3v) is 4.54. The summed E-state index contributed by atoms with van der Waals surface area (Å²) in [7, 11) is 0. The highest BCUT2D eigenvalue weighted by Gasteiger charge is 2.29. The van der Waals surface area contributed by atoms with Gasteiger partial charge in [0.1, 0.15) is 0 Å². The molecule has 3 N–H and O–H groups in total. The second kappa shape index (κ2) is 6.46. The van der Waals surface area contributed by atoms with E-state index in [1.54, 1.807) is 24.3 Å². The highest BCUT2D eigenvalue weighted by molar-refractivity contribution is 5.97. The van der Waals surface area contributed by atoms with Crippen molar-refractivity contribution in [2.75, 3.05) is 39.3 Å². The number of nitrogens with two attached hydrogens (primary N) is 1. The molecular formula is C16H22N4O2. The minimum atomic E-state index is -0.483. The number of rotatable bonds is 4. The van der Waals surface area contributed by atoms with Crippen LogP contribution in [0.5, 0.6) is 0 Å². The number of amides is 2. The lowest BCUT2D eigenvalue weighted by Crippen LogP contribution is -2.54. The molecule has 3 heterocycles. The molecule has 1 aromatic carbocycles. The summed E-state index contributed by atoms with van der Waals surface area (Å²) >= 11 is 0. The quantitative estimate of drug-likeness (QED) is 0.814. The number of benzene rings is 1. The molecule has 3 aliphatic heterocycles. The summed E-state index contributed by atoms with van der Waals surface area (Å²) < 4.78 is 0. The van der Waals surface area contributed by atoms with Gasteiger partial charge in [0.25, 0.3) is 5.91 Å². The first kappa shape index (κ1) is 15.0. The van der Waals surface area contributed by atoms with Gasteiger partial charge < -0.3 is 16.0 Å². The number of carbonyl (C=O) groups excluding carboxylic acids is 2. The summed E-state index contributed by atoms with van der Waals surface area (Å²) in [6.07, 6.45) is 1.21. The first-order valence-corrected chi connectivity index (χ1v) is 7.78. The Morgan fingerprint density at radius 3 is 2.55 bits per heavy atom. The van der Waals surface area contributed by atoms with Crippen LogP contribution in [-0.4, -0.2) is 66.9 Å². The first-order chi connectivity index (χ1) is 10.6. The van der Waals surface area contributed by atoms with Gasteiger partial charge in [-0.05, 0) is 43.8 Å². The molecule has 3 saturated heterocycles. The van der Waals surface area contributed by atoms with Crippen molar-refractivity contribution in [3.8, 4) is 0 Å².